The third-order valence-electron chi connectivity index (χ3n) is 3.42. The summed E-state index contributed by atoms with van der Waals surface area (Å²) < 4.78 is 0. The average Bonchev–Trinajstić information content (AvgIpc) is 2.37. The zero-order valence-corrected chi connectivity index (χ0v) is 12.1. The molecule has 0 aliphatic heterocycles. The van der Waals surface area contributed by atoms with Gasteiger partial charge in [0.05, 0.1) is 11.9 Å². The first-order valence-electron chi connectivity index (χ1n) is 6.95. The number of carbonyl (C=O) groups is 1. The molecule has 1 amide bonds. The molecule has 1 atom stereocenters. The average molecular weight is 263 g/mol. The first-order chi connectivity index (χ1) is 9.02. The molecule has 1 aromatic rings. The van der Waals surface area contributed by atoms with Gasteiger partial charge < -0.3 is 11.1 Å². The molecule has 19 heavy (non-hydrogen) atoms. The molecule has 1 heterocycles. The summed E-state index contributed by atoms with van der Waals surface area (Å²) in [6.45, 7) is 6.97. The van der Waals surface area contributed by atoms with Crippen molar-refractivity contribution in [2.45, 2.75) is 40.0 Å². The molecule has 106 valence electrons. The van der Waals surface area contributed by atoms with E-state index in [1.807, 2.05) is 19.1 Å². The van der Waals surface area contributed by atoms with Crippen LogP contribution in [-0.2, 0) is 4.79 Å². The zero-order valence-electron chi connectivity index (χ0n) is 12.1. The summed E-state index contributed by atoms with van der Waals surface area (Å²) in [4.78, 5) is 16.0. The Hall–Kier alpha value is -1.42. The van der Waals surface area contributed by atoms with E-state index >= 15 is 0 Å². The Kier molecular flexibility index (Phi) is 6.50. The van der Waals surface area contributed by atoms with Gasteiger partial charge in [-0.25, -0.2) is 0 Å². The summed E-state index contributed by atoms with van der Waals surface area (Å²) in [5.74, 6) is 1.14. The van der Waals surface area contributed by atoms with Gasteiger partial charge >= 0.3 is 0 Å². The van der Waals surface area contributed by atoms with Crippen molar-refractivity contribution in [2.75, 3.05) is 11.9 Å². The number of nitrogens with two attached hydrogens (primary N) is 1. The molecule has 1 rings (SSSR count). The van der Waals surface area contributed by atoms with Crippen molar-refractivity contribution in [2.24, 2.45) is 17.6 Å². The van der Waals surface area contributed by atoms with Crippen LogP contribution in [0.1, 0.15) is 38.8 Å². The molecule has 0 fully saturated rings. The first-order valence-corrected chi connectivity index (χ1v) is 6.95. The third-order valence-corrected chi connectivity index (χ3v) is 3.42. The van der Waals surface area contributed by atoms with Crippen LogP contribution in [0, 0.1) is 18.8 Å². The van der Waals surface area contributed by atoms with E-state index in [0.717, 1.165) is 24.2 Å². The Bertz CT molecular complexity index is 387. The molecular formula is C15H25N3O. The fourth-order valence-corrected chi connectivity index (χ4v) is 2.11. The normalized spacial score (nSPS) is 12.5. The van der Waals surface area contributed by atoms with E-state index in [1.165, 1.54) is 0 Å². The van der Waals surface area contributed by atoms with E-state index in [4.69, 9.17) is 5.73 Å². The fourth-order valence-electron chi connectivity index (χ4n) is 2.11. The second kappa shape index (κ2) is 7.89. The Balaban J connectivity index is 2.40. The molecule has 0 spiro atoms. The van der Waals surface area contributed by atoms with Crippen molar-refractivity contribution >= 4 is 11.6 Å². The SMILES string of the molecule is Cc1ccc(NC(=O)CCC(CCN)C(C)C)cn1. The van der Waals surface area contributed by atoms with Crippen LogP contribution >= 0.6 is 0 Å². The molecule has 4 nitrogen and oxygen atoms in total. The van der Waals surface area contributed by atoms with E-state index in [1.54, 1.807) is 6.20 Å². The van der Waals surface area contributed by atoms with Crippen LogP contribution in [0.2, 0.25) is 0 Å². The summed E-state index contributed by atoms with van der Waals surface area (Å²) in [5, 5.41) is 2.87. The Labute approximate surface area is 115 Å². The summed E-state index contributed by atoms with van der Waals surface area (Å²) >= 11 is 0. The van der Waals surface area contributed by atoms with Crippen LogP contribution in [0.5, 0.6) is 0 Å². The molecule has 0 aliphatic rings. The molecule has 0 aliphatic carbocycles. The number of pyridine rings is 1. The molecule has 4 heteroatoms. The number of nitrogens with zero attached hydrogens (tertiary/aromatic N) is 1. The molecule has 3 N–H and O–H groups in total. The van der Waals surface area contributed by atoms with Gasteiger partial charge in [0, 0.05) is 12.1 Å². The monoisotopic (exact) mass is 263 g/mol. The van der Waals surface area contributed by atoms with Gasteiger partial charge in [0.25, 0.3) is 0 Å². The van der Waals surface area contributed by atoms with Crippen LogP contribution < -0.4 is 11.1 Å². The number of hydrogen-bond acceptors (Lipinski definition) is 3. The van der Waals surface area contributed by atoms with E-state index in [0.29, 0.717) is 24.8 Å². The van der Waals surface area contributed by atoms with Crippen LogP contribution in [0.25, 0.3) is 0 Å². The quantitative estimate of drug-likeness (QED) is 0.794. The van der Waals surface area contributed by atoms with E-state index in [-0.39, 0.29) is 5.91 Å². The number of amides is 1. The Morgan fingerprint density at radius 3 is 2.63 bits per heavy atom. The molecule has 0 saturated carbocycles. The number of nitrogens with one attached hydrogen (secondary N) is 1. The minimum absolute atomic E-state index is 0.0494. The molecule has 0 radical (unpaired) electrons. The van der Waals surface area contributed by atoms with Gasteiger partial charge in [0.1, 0.15) is 0 Å². The van der Waals surface area contributed by atoms with Crippen LogP contribution in [-0.4, -0.2) is 17.4 Å². The van der Waals surface area contributed by atoms with Crippen molar-refractivity contribution in [3.63, 3.8) is 0 Å². The Morgan fingerprint density at radius 2 is 2.11 bits per heavy atom. The van der Waals surface area contributed by atoms with Gasteiger partial charge in [0.2, 0.25) is 5.91 Å². The fraction of sp³-hybridized carbons (Fsp3) is 0.600. The maximum absolute atomic E-state index is 11.9. The number of carbonyl (C=O) groups excluding carboxylic acids is 1. The predicted molar refractivity (Wildman–Crippen MR) is 78.8 cm³/mol. The van der Waals surface area contributed by atoms with Crippen LogP contribution in [0.3, 0.4) is 0 Å². The van der Waals surface area contributed by atoms with Crippen molar-refractivity contribution in [3.05, 3.63) is 24.0 Å². The summed E-state index contributed by atoms with van der Waals surface area (Å²) in [6, 6.07) is 3.76. The lowest BCUT2D eigenvalue weighted by molar-refractivity contribution is -0.116. The maximum atomic E-state index is 11.9. The van der Waals surface area contributed by atoms with Gasteiger partial charge in [-0.1, -0.05) is 13.8 Å². The van der Waals surface area contributed by atoms with Gasteiger partial charge in [-0.3, -0.25) is 9.78 Å². The highest BCUT2D eigenvalue weighted by molar-refractivity contribution is 5.90. The van der Waals surface area contributed by atoms with Crippen LogP contribution in [0.4, 0.5) is 5.69 Å². The van der Waals surface area contributed by atoms with Crippen molar-refractivity contribution < 1.29 is 4.79 Å². The minimum atomic E-state index is 0.0494. The zero-order chi connectivity index (χ0) is 14.3. The molecule has 0 saturated heterocycles. The van der Waals surface area contributed by atoms with Gasteiger partial charge in [-0.05, 0) is 50.3 Å². The number of aromatic nitrogens is 1. The minimum Gasteiger partial charge on any atom is -0.330 e. The summed E-state index contributed by atoms with van der Waals surface area (Å²) in [5.41, 5.74) is 7.31. The number of hydrogen-bond donors (Lipinski definition) is 2. The smallest absolute Gasteiger partial charge is 0.224 e. The molecular weight excluding hydrogens is 238 g/mol. The second-order valence-electron chi connectivity index (χ2n) is 5.36. The second-order valence-corrected chi connectivity index (χ2v) is 5.36. The van der Waals surface area contributed by atoms with Crippen molar-refractivity contribution in [1.29, 1.82) is 0 Å². The van der Waals surface area contributed by atoms with Crippen molar-refractivity contribution in [1.82, 2.24) is 4.98 Å². The molecule has 1 unspecified atom stereocenters. The van der Waals surface area contributed by atoms with Gasteiger partial charge in [-0.2, -0.15) is 0 Å². The lowest BCUT2D eigenvalue weighted by Crippen LogP contribution is -2.18. The largest absolute Gasteiger partial charge is 0.330 e. The van der Waals surface area contributed by atoms with Crippen molar-refractivity contribution in [3.8, 4) is 0 Å². The summed E-state index contributed by atoms with van der Waals surface area (Å²) in [7, 11) is 0. The highest BCUT2D eigenvalue weighted by Gasteiger charge is 2.14. The number of rotatable bonds is 7. The van der Waals surface area contributed by atoms with Crippen LogP contribution in [0.15, 0.2) is 18.3 Å². The topological polar surface area (TPSA) is 68.0 Å². The van der Waals surface area contributed by atoms with E-state index in [9.17, 15) is 4.79 Å². The van der Waals surface area contributed by atoms with Gasteiger partial charge in [-0.15, -0.1) is 0 Å². The summed E-state index contributed by atoms with van der Waals surface area (Å²) in [6.07, 6.45) is 4.10. The lowest BCUT2D eigenvalue weighted by atomic mass is 9.88. The highest BCUT2D eigenvalue weighted by Crippen LogP contribution is 2.20. The van der Waals surface area contributed by atoms with E-state index < -0.39 is 0 Å². The standard InChI is InChI=1S/C15H25N3O/c1-11(2)13(8-9-16)5-7-15(19)18-14-6-4-12(3)17-10-14/h4,6,10-11,13H,5,7-9,16H2,1-3H3,(H,18,19). The number of aryl methyl sites for hydroxylation is 1. The Morgan fingerprint density at radius 1 is 1.37 bits per heavy atom. The molecule has 0 bridgehead atoms. The molecule has 1 aromatic heterocycles. The van der Waals surface area contributed by atoms with E-state index in [2.05, 4.69) is 24.1 Å². The maximum Gasteiger partial charge on any atom is 0.224 e. The number of anilines is 1. The highest BCUT2D eigenvalue weighted by atomic mass is 16.1. The lowest BCUT2D eigenvalue weighted by Gasteiger charge is -2.19. The molecule has 0 aromatic carbocycles. The first kappa shape index (κ1) is 15.6. The predicted octanol–water partition coefficient (Wildman–Crippen LogP) is 2.73. The third kappa shape index (κ3) is 5.83. The van der Waals surface area contributed by atoms with Gasteiger partial charge in [0.15, 0.2) is 0 Å².